The number of carbonyl (C=O) groups is 3. The Morgan fingerprint density at radius 2 is 0.569 bits per heavy atom. The lowest BCUT2D eigenvalue weighted by Crippen LogP contribution is -2.30. The molecule has 0 aromatic carbocycles. The van der Waals surface area contributed by atoms with Crippen LogP contribution in [-0.2, 0) is 28.6 Å². The first-order valence-corrected chi connectivity index (χ1v) is 25.9. The summed E-state index contributed by atoms with van der Waals surface area (Å²) >= 11 is 0. The number of rotatable bonds is 47. The molecule has 0 aliphatic heterocycles. The third kappa shape index (κ3) is 45.5. The zero-order valence-electron chi connectivity index (χ0n) is 39.5. The Bertz CT molecular complexity index is 872. The SMILES string of the molecule is CCCCCCCCCCCCCCCCCCCCC(=O)OC[C@@H](COC(=O)CCCCCCCCCCC)OC(=O)CCCCCCCCCCCCC(C)C. The van der Waals surface area contributed by atoms with Gasteiger partial charge < -0.3 is 14.2 Å². The number of carbonyl (C=O) groups excluding carboxylic acids is 3. The second-order valence-corrected chi connectivity index (χ2v) is 18.3. The second kappa shape index (κ2) is 46.5. The molecular formula is C52H100O6. The normalized spacial score (nSPS) is 11.9. The lowest BCUT2D eigenvalue weighted by Gasteiger charge is -2.18. The van der Waals surface area contributed by atoms with Gasteiger partial charge in [0.25, 0.3) is 0 Å². The fourth-order valence-corrected chi connectivity index (χ4v) is 7.86. The number of unbranched alkanes of at least 4 members (excludes halogenated alkanes) is 34. The van der Waals surface area contributed by atoms with E-state index in [-0.39, 0.29) is 31.1 Å². The van der Waals surface area contributed by atoms with E-state index in [0.29, 0.717) is 19.3 Å². The van der Waals surface area contributed by atoms with Crippen molar-refractivity contribution >= 4 is 17.9 Å². The average molecular weight is 821 g/mol. The van der Waals surface area contributed by atoms with Crippen LogP contribution in [0.15, 0.2) is 0 Å². The van der Waals surface area contributed by atoms with Gasteiger partial charge in [-0.05, 0) is 25.2 Å². The minimum Gasteiger partial charge on any atom is -0.462 e. The summed E-state index contributed by atoms with van der Waals surface area (Å²) in [6.45, 7) is 9.00. The van der Waals surface area contributed by atoms with Crippen LogP contribution < -0.4 is 0 Å². The summed E-state index contributed by atoms with van der Waals surface area (Å²) in [4.78, 5) is 37.8. The van der Waals surface area contributed by atoms with E-state index >= 15 is 0 Å². The summed E-state index contributed by atoms with van der Waals surface area (Å²) in [5.41, 5.74) is 0. The Morgan fingerprint density at radius 1 is 0.328 bits per heavy atom. The predicted octanol–water partition coefficient (Wildman–Crippen LogP) is 16.7. The van der Waals surface area contributed by atoms with Crippen molar-refractivity contribution in [2.75, 3.05) is 13.2 Å². The molecule has 6 heteroatoms. The maximum absolute atomic E-state index is 12.8. The molecule has 0 rings (SSSR count). The molecule has 0 radical (unpaired) electrons. The maximum atomic E-state index is 12.8. The van der Waals surface area contributed by atoms with Crippen LogP contribution in [0.5, 0.6) is 0 Å². The molecule has 0 unspecified atom stereocenters. The molecule has 58 heavy (non-hydrogen) atoms. The van der Waals surface area contributed by atoms with Gasteiger partial charge in [-0.15, -0.1) is 0 Å². The summed E-state index contributed by atoms with van der Waals surface area (Å²) in [6.07, 6.45) is 48.1. The van der Waals surface area contributed by atoms with Crippen molar-refractivity contribution in [3.05, 3.63) is 0 Å². The average Bonchev–Trinajstić information content (AvgIpc) is 3.21. The standard InChI is InChI=1S/C52H100O6/c1-5-7-9-11-13-15-16-17-18-19-20-21-22-23-28-32-36-40-44-51(54)57-47-49(46-56-50(53)43-39-35-31-26-14-12-10-8-6-2)58-52(55)45-41-37-33-29-25-24-27-30-34-38-42-48(3)4/h48-49H,5-47H2,1-4H3/t49-/m1/s1. The molecule has 0 spiro atoms. The van der Waals surface area contributed by atoms with Gasteiger partial charge in [-0.25, -0.2) is 0 Å². The third-order valence-electron chi connectivity index (χ3n) is 11.8. The van der Waals surface area contributed by atoms with E-state index in [4.69, 9.17) is 14.2 Å². The largest absolute Gasteiger partial charge is 0.462 e. The van der Waals surface area contributed by atoms with E-state index in [9.17, 15) is 14.4 Å². The lowest BCUT2D eigenvalue weighted by atomic mass is 10.0. The summed E-state index contributed by atoms with van der Waals surface area (Å²) in [6, 6.07) is 0. The number of esters is 3. The molecule has 0 fully saturated rings. The van der Waals surface area contributed by atoms with Crippen LogP contribution in [0.25, 0.3) is 0 Å². The van der Waals surface area contributed by atoms with Crippen molar-refractivity contribution in [3.63, 3.8) is 0 Å². The van der Waals surface area contributed by atoms with Crippen LogP contribution in [0.4, 0.5) is 0 Å². The molecule has 0 saturated heterocycles. The molecule has 1 atom stereocenters. The smallest absolute Gasteiger partial charge is 0.306 e. The molecule has 0 aromatic heterocycles. The molecular weight excluding hydrogens is 721 g/mol. The number of ether oxygens (including phenoxy) is 3. The molecule has 6 nitrogen and oxygen atoms in total. The molecule has 0 heterocycles. The van der Waals surface area contributed by atoms with E-state index in [1.807, 2.05) is 0 Å². The molecule has 0 amide bonds. The summed E-state index contributed by atoms with van der Waals surface area (Å²) in [7, 11) is 0. The highest BCUT2D eigenvalue weighted by atomic mass is 16.6. The van der Waals surface area contributed by atoms with Crippen LogP contribution in [0.2, 0.25) is 0 Å². The van der Waals surface area contributed by atoms with Gasteiger partial charge >= 0.3 is 17.9 Å². The van der Waals surface area contributed by atoms with E-state index in [1.165, 1.54) is 186 Å². The van der Waals surface area contributed by atoms with E-state index in [0.717, 1.165) is 63.7 Å². The quantitative estimate of drug-likeness (QED) is 0.0346. The second-order valence-electron chi connectivity index (χ2n) is 18.3. The molecule has 0 N–H and O–H groups in total. The Labute approximate surface area is 361 Å². The summed E-state index contributed by atoms with van der Waals surface area (Å²) < 4.78 is 16.8. The maximum Gasteiger partial charge on any atom is 0.306 e. The van der Waals surface area contributed by atoms with Crippen LogP contribution in [0.1, 0.15) is 291 Å². The zero-order valence-corrected chi connectivity index (χ0v) is 39.5. The van der Waals surface area contributed by atoms with Crippen molar-refractivity contribution in [2.24, 2.45) is 5.92 Å². The first kappa shape index (κ1) is 56.4. The molecule has 0 saturated carbocycles. The fraction of sp³-hybridized carbons (Fsp3) is 0.942. The Balaban J connectivity index is 4.23. The van der Waals surface area contributed by atoms with Gasteiger partial charge in [0.15, 0.2) is 6.10 Å². The van der Waals surface area contributed by atoms with E-state index in [1.54, 1.807) is 0 Å². The van der Waals surface area contributed by atoms with Crippen LogP contribution >= 0.6 is 0 Å². The van der Waals surface area contributed by atoms with Crippen LogP contribution in [0.3, 0.4) is 0 Å². The van der Waals surface area contributed by atoms with Crippen molar-refractivity contribution in [3.8, 4) is 0 Å². The number of hydrogen-bond donors (Lipinski definition) is 0. The number of hydrogen-bond acceptors (Lipinski definition) is 6. The van der Waals surface area contributed by atoms with E-state index < -0.39 is 6.10 Å². The van der Waals surface area contributed by atoms with Gasteiger partial charge in [0.2, 0.25) is 0 Å². The minimum absolute atomic E-state index is 0.0631. The van der Waals surface area contributed by atoms with Crippen LogP contribution in [-0.4, -0.2) is 37.2 Å². The van der Waals surface area contributed by atoms with Gasteiger partial charge in [-0.2, -0.15) is 0 Å². The lowest BCUT2D eigenvalue weighted by molar-refractivity contribution is -0.167. The molecule has 0 aliphatic carbocycles. The predicted molar refractivity (Wildman–Crippen MR) is 247 cm³/mol. The minimum atomic E-state index is -0.760. The van der Waals surface area contributed by atoms with Crippen molar-refractivity contribution < 1.29 is 28.6 Å². The first-order valence-electron chi connectivity index (χ1n) is 25.9. The molecule has 0 aliphatic rings. The van der Waals surface area contributed by atoms with Crippen LogP contribution in [0, 0.1) is 5.92 Å². The van der Waals surface area contributed by atoms with Gasteiger partial charge in [-0.1, -0.05) is 252 Å². The van der Waals surface area contributed by atoms with Crippen molar-refractivity contribution in [2.45, 2.75) is 297 Å². The van der Waals surface area contributed by atoms with Gasteiger partial charge in [0.1, 0.15) is 13.2 Å². The molecule has 0 bridgehead atoms. The van der Waals surface area contributed by atoms with E-state index in [2.05, 4.69) is 27.7 Å². The zero-order chi connectivity index (χ0) is 42.4. The highest BCUT2D eigenvalue weighted by molar-refractivity contribution is 5.71. The summed E-state index contributed by atoms with van der Waals surface area (Å²) in [5, 5.41) is 0. The Hall–Kier alpha value is -1.59. The highest BCUT2D eigenvalue weighted by Gasteiger charge is 2.19. The van der Waals surface area contributed by atoms with Gasteiger partial charge in [0, 0.05) is 19.3 Å². The van der Waals surface area contributed by atoms with Crippen molar-refractivity contribution in [1.29, 1.82) is 0 Å². The first-order chi connectivity index (χ1) is 28.4. The Morgan fingerprint density at radius 3 is 0.845 bits per heavy atom. The monoisotopic (exact) mass is 821 g/mol. The van der Waals surface area contributed by atoms with Gasteiger partial charge in [0.05, 0.1) is 0 Å². The highest BCUT2D eigenvalue weighted by Crippen LogP contribution is 2.17. The van der Waals surface area contributed by atoms with Gasteiger partial charge in [-0.3, -0.25) is 14.4 Å². The Kier molecular flexibility index (Phi) is 45.2. The summed E-state index contributed by atoms with van der Waals surface area (Å²) in [5.74, 6) is -0.0321. The topological polar surface area (TPSA) is 78.9 Å². The third-order valence-corrected chi connectivity index (χ3v) is 11.8. The molecule has 344 valence electrons. The van der Waals surface area contributed by atoms with Crippen molar-refractivity contribution in [1.82, 2.24) is 0 Å². The fourth-order valence-electron chi connectivity index (χ4n) is 7.86. The molecule has 0 aromatic rings.